The summed E-state index contributed by atoms with van der Waals surface area (Å²) in [6.07, 6.45) is 2.06. The molecule has 0 N–H and O–H groups in total. The zero-order valence-electron chi connectivity index (χ0n) is 7.87. The average Bonchev–Trinajstić information content (AvgIpc) is 2.61. The molecule has 0 fully saturated rings. The number of hydrogen-bond acceptors (Lipinski definition) is 4. The van der Waals surface area contributed by atoms with Crippen LogP contribution in [0.25, 0.3) is 0 Å². The quantitative estimate of drug-likeness (QED) is 0.694. The number of esters is 1. The monoisotopic (exact) mass is 199 g/mol. The van der Waals surface area contributed by atoms with E-state index in [0.29, 0.717) is 12.8 Å². The Kier molecular flexibility index (Phi) is 3.89. The molecule has 0 amide bonds. The van der Waals surface area contributed by atoms with Crippen molar-refractivity contribution in [2.24, 2.45) is 0 Å². The van der Waals surface area contributed by atoms with Gasteiger partial charge in [-0.15, -0.1) is 11.3 Å². The molecule has 1 aromatic rings. The van der Waals surface area contributed by atoms with E-state index < -0.39 is 0 Å². The largest absolute Gasteiger partial charge is 0.469 e. The van der Waals surface area contributed by atoms with Crippen molar-refractivity contribution in [2.45, 2.75) is 26.2 Å². The number of methoxy groups -OCH3 is 1. The van der Waals surface area contributed by atoms with Crippen LogP contribution in [0.3, 0.4) is 0 Å². The van der Waals surface area contributed by atoms with Crippen molar-refractivity contribution in [2.75, 3.05) is 7.11 Å². The second kappa shape index (κ2) is 4.97. The van der Waals surface area contributed by atoms with E-state index >= 15 is 0 Å². The molecule has 1 rings (SSSR count). The van der Waals surface area contributed by atoms with Crippen LogP contribution in [0.4, 0.5) is 0 Å². The lowest BCUT2D eigenvalue weighted by Crippen LogP contribution is -2.02. The van der Waals surface area contributed by atoms with Crippen LogP contribution in [-0.4, -0.2) is 18.1 Å². The van der Waals surface area contributed by atoms with Gasteiger partial charge in [0.1, 0.15) is 0 Å². The molecule has 0 bridgehead atoms. The summed E-state index contributed by atoms with van der Waals surface area (Å²) in [5.41, 5.74) is 0.993. The minimum absolute atomic E-state index is 0.175. The van der Waals surface area contributed by atoms with E-state index in [4.69, 9.17) is 0 Å². The average molecular weight is 199 g/mol. The second-order valence-electron chi connectivity index (χ2n) is 2.66. The Labute approximate surface area is 81.8 Å². The first-order chi connectivity index (χ1) is 6.26. The van der Waals surface area contributed by atoms with Gasteiger partial charge in [-0.05, 0) is 6.42 Å². The highest BCUT2D eigenvalue weighted by Gasteiger charge is 2.04. The lowest BCUT2D eigenvalue weighted by molar-refractivity contribution is -0.140. The number of ether oxygens (including phenoxy) is 1. The second-order valence-corrected chi connectivity index (χ2v) is 3.60. The van der Waals surface area contributed by atoms with Crippen molar-refractivity contribution in [1.29, 1.82) is 0 Å². The number of aryl methyl sites for hydroxylation is 2. The molecule has 0 aromatic carbocycles. The van der Waals surface area contributed by atoms with Gasteiger partial charge in [0.2, 0.25) is 0 Å². The maximum absolute atomic E-state index is 10.8. The van der Waals surface area contributed by atoms with Gasteiger partial charge in [0.25, 0.3) is 0 Å². The van der Waals surface area contributed by atoms with Gasteiger partial charge in [-0.1, -0.05) is 6.92 Å². The molecule has 0 unspecified atom stereocenters. The van der Waals surface area contributed by atoms with E-state index in [-0.39, 0.29) is 5.97 Å². The molecule has 0 aliphatic carbocycles. The summed E-state index contributed by atoms with van der Waals surface area (Å²) in [6.45, 7) is 2.07. The van der Waals surface area contributed by atoms with Gasteiger partial charge in [0.05, 0.1) is 24.2 Å². The molecular weight excluding hydrogens is 186 g/mol. The van der Waals surface area contributed by atoms with E-state index in [0.717, 1.165) is 17.1 Å². The molecule has 0 saturated carbocycles. The molecule has 1 aromatic heterocycles. The first-order valence-corrected chi connectivity index (χ1v) is 5.14. The van der Waals surface area contributed by atoms with Crippen molar-refractivity contribution in [1.82, 2.24) is 4.98 Å². The van der Waals surface area contributed by atoms with Gasteiger partial charge in [0, 0.05) is 11.8 Å². The maximum atomic E-state index is 10.8. The fourth-order valence-corrected chi connectivity index (χ4v) is 1.74. The number of hydrogen-bond donors (Lipinski definition) is 0. The highest BCUT2D eigenvalue weighted by molar-refractivity contribution is 7.09. The summed E-state index contributed by atoms with van der Waals surface area (Å²) in [6, 6.07) is 0. The van der Waals surface area contributed by atoms with Crippen molar-refractivity contribution in [3.05, 3.63) is 16.1 Å². The van der Waals surface area contributed by atoms with Gasteiger partial charge in [-0.25, -0.2) is 4.98 Å². The minimum atomic E-state index is -0.175. The fraction of sp³-hybridized carbons (Fsp3) is 0.556. The fourth-order valence-electron chi connectivity index (χ4n) is 0.958. The molecule has 0 atom stereocenters. The van der Waals surface area contributed by atoms with E-state index in [1.165, 1.54) is 7.11 Å². The number of aromatic nitrogens is 1. The number of carbonyl (C=O) groups excluding carboxylic acids is 1. The molecule has 3 nitrogen and oxygen atoms in total. The van der Waals surface area contributed by atoms with E-state index in [9.17, 15) is 4.79 Å². The Hall–Kier alpha value is -0.900. The van der Waals surface area contributed by atoms with E-state index in [1.54, 1.807) is 11.3 Å². The topological polar surface area (TPSA) is 39.2 Å². The molecular formula is C9H13NO2S. The Morgan fingerprint density at radius 1 is 1.69 bits per heavy atom. The van der Waals surface area contributed by atoms with Crippen LogP contribution in [0.1, 0.15) is 24.0 Å². The van der Waals surface area contributed by atoms with Crippen molar-refractivity contribution >= 4 is 17.3 Å². The van der Waals surface area contributed by atoms with Crippen molar-refractivity contribution in [3.63, 3.8) is 0 Å². The Balaban J connectivity index is 2.41. The standard InChI is InChI=1S/C9H13NO2S/c1-3-8-10-7(6-13-8)4-5-9(11)12-2/h6H,3-5H2,1-2H3. The maximum Gasteiger partial charge on any atom is 0.305 e. The molecule has 13 heavy (non-hydrogen) atoms. The Morgan fingerprint density at radius 3 is 3.00 bits per heavy atom. The summed E-state index contributed by atoms with van der Waals surface area (Å²) in [5, 5.41) is 3.13. The predicted molar refractivity (Wildman–Crippen MR) is 51.8 cm³/mol. The summed E-state index contributed by atoms with van der Waals surface area (Å²) in [4.78, 5) is 15.2. The molecule has 0 aliphatic rings. The summed E-state index contributed by atoms with van der Waals surface area (Å²) in [7, 11) is 1.40. The first-order valence-electron chi connectivity index (χ1n) is 4.26. The molecule has 72 valence electrons. The zero-order chi connectivity index (χ0) is 9.68. The third kappa shape index (κ3) is 3.14. The normalized spacial score (nSPS) is 10.0. The van der Waals surface area contributed by atoms with E-state index in [1.807, 2.05) is 5.38 Å². The third-order valence-electron chi connectivity index (χ3n) is 1.71. The van der Waals surface area contributed by atoms with Crippen LogP contribution < -0.4 is 0 Å². The molecule has 0 spiro atoms. The zero-order valence-corrected chi connectivity index (χ0v) is 8.69. The van der Waals surface area contributed by atoms with Gasteiger partial charge in [0.15, 0.2) is 0 Å². The van der Waals surface area contributed by atoms with Crippen LogP contribution in [0.15, 0.2) is 5.38 Å². The first kappa shape index (κ1) is 10.2. The van der Waals surface area contributed by atoms with Crippen LogP contribution in [-0.2, 0) is 22.4 Å². The van der Waals surface area contributed by atoms with Gasteiger partial charge in [-0.2, -0.15) is 0 Å². The molecule has 4 heteroatoms. The van der Waals surface area contributed by atoms with Crippen LogP contribution in [0.2, 0.25) is 0 Å². The Bertz CT molecular complexity index is 283. The molecule has 0 aliphatic heterocycles. The van der Waals surface area contributed by atoms with Gasteiger partial charge >= 0.3 is 5.97 Å². The molecule has 1 heterocycles. The number of carbonyl (C=O) groups is 1. The van der Waals surface area contributed by atoms with Crippen LogP contribution in [0.5, 0.6) is 0 Å². The highest BCUT2D eigenvalue weighted by atomic mass is 32.1. The van der Waals surface area contributed by atoms with Gasteiger partial charge < -0.3 is 4.74 Å². The SMILES string of the molecule is CCc1nc(CCC(=O)OC)cs1. The number of rotatable bonds is 4. The molecule has 0 saturated heterocycles. The lowest BCUT2D eigenvalue weighted by atomic mass is 10.2. The summed E-state index contributed by atoms with van der Waals surface area (Å²) in [5.74, 6) is -0.175. The predicted octanol–water partition coefficient (Wildman–Crippen LogP) is 1.81. The Morgan fingerprint density at radius 2 is 2.46 bits per heavy atom. The lowest BCUT2D eigenvalue weighted by Gasteiger charge is -1.95. The van der Waals surface area contributed by atoms with Crippen LogP contribution in [0, 0.1) is 0 Å². The number of nitrogens with zero attached hydrogens (tertiary/aromatic N) is 1. The number of thiazole rings is 1. The summed E-state index contributed by atoms with van der Waals surface area (Å²) < 4.78 is 4.54. The third-order valence-corrected chi connectivity index (χ3v) is 2.76. The van der Waals surface area contributed by atoms with Crippen molar-refractivity contribution in [3.8, 4) is 0 Å². The van der Waals surface area contributed by atoms with Gasteiger partial charge in [-0.3, -0.25) is 4.79 Å². The molecule has 0 radical (unpaired) electrons. The summed E-state index contributed by atoms with van der Waals surface area (Å²) >= 11 is 1.65. The van der Waals surface area contributed by atoms with Crippen molar-refractivity contribution < 1.29 is 9.53 Å². The minimum Gasteiger partial charge on any atom is -0.469 e. The van der Waals surface area contributed by atoms with Crippen LogP contribution >= 0.6 is 11.3 Å². The smallest absolute Gasteiger partial charge is 0.305 e. The highest BCUT2D eigenvalue weighted by Crippen LogP contribution is 2.11. The van der Waals surface area contributed by atoms with E-state index in [2.05, 4.69) is 16.6 Å².